The van der Waals surface area contributed by atoms with Crippen LogP contribution in [0.3, 0.4) is 0 Å². The molecule has 1 aliphatic heterocycles. The van der Waals surface area contributed by atoms with E-state index in [0.29, 0.717) is 11.3 Å². The highest BCUT2D eigenvalue weighted by Crippen LogP contribution is 2.48. The number of hydrogen-bond acceptors (Lipinski definition) is 11. The number of halogens is 1. The fourth-order valence-electron chi connectivity index (χ4n) is 4.06. The quantitative estimate of drug-likeness (QED) is 0.230. The lowest BCUT2D eigenvalue weighted by atomic mass is 9.98. The largest absolute Gasteiger partial charge is 0.462 e. The van der Waals surface area contributed by atoms with Crippen LogP contribution in [0.4, 0.5) is 10.2 Å². The van der Waals surface area contributed by atoms with Crippen molar-refractivity contribution in [2.75, 3.05) is 19.0 Å². The summed E-state index contributed by atoms with van der Waals surface area (Å²) in [5.74, 6) is -0.0364. The Hall–Kier alpha value is -3.16. The number of imidazole rings is 1. The van der Waals surface area contributed by atoms with Crippen molar-refractivity contribution in [2.24, 2.45) is 0 Å². The van der Waals surface area contributed by atoms with Crippen molar-refractivity contribution >= 4 is 30.7 Å². The van der Waals surface area contributed by atoms with E-state index in [1.54, 1.807) is 51.2 Å². The second-order valence-electron chi connectivity index (χ2n) is 9.45. The predicted octanol–water partition coefficient (Wildman–Crippen LogP) is 2.99. The SMILES string of the molecule is CNc1ncnc2c1ncn2[C@@H]1O[C@H](COP(=O)(N[C@@H](C)C(=O)OC(C)C)Oc2ccccc2)[C@@H](O)[C@@]1(C)F. The van der Waals surface area contributed by atoms with Crippen LogP contribution < -0.4 is 14.9 Å². The number of alkyl halides is 1. The number of esters is 1. The van der Waals surface area contributed by atoms with E-state index in [1.807, 2.05) is 0 Å². The third kappa shape index (κ3) is 6.20. The van der Waals surface area contributed by atoms with Gasteiger partial charge in [-0.2, -0.15) is 5.09 Å². The molecule has 3 N–H and O–H groups in total. The van der Waals surface area contributed by atoms with Crippen molar-refractivity contribution in [2.45, 2.75) is 63.9 Å². The fraction of sp³-hybridized carbons (Fsp3) is 0.500. The van der Waals surface area contributed by atoms with Crippen molar-refractivity contribution < 1.29 is 37.4 Å². The number of nitrogens with zero attached hydrogens (tertiary/aromatic N) is 4. The van der Waals surface area contributed by atoms with Crippen LogP contribution in [-0.4, -0.2) is 74.3 Å². The van der Waals surface area contributed by atoms with Gasteiger partial charge >= 0.3 is 13.7 Å². The summed E-state index contributed by atoms with van der Waals surface area (Å²) in [6, 6.07) is 7.10. The Morgan fingerprint density at radius 1 is 1.26 bits per heavy atom. The molecule has 3 aromatic rings. The molecule has 1 fully saturated rings. The van der Waals surface area contributed by atoms with Gasteiger partial charge < -0.3 is 24.4 Å². The van der Waals surface area contributed by atoms with E-state index >= 15 is 4.39 Å². The first-order valence-corrected chi connectivity index (χ1v) is 13.8. The average Bonchev–Trinajstić information content (AvgIpc) is 3.41. The van der Waals surface area contributed by atoms with Crippen molar-refractivity contribution in [3.63, 3.8) is 0 Å². The molecule has 2 aromatic heterocycles. The molecule has 3 heterocycles. The maximum absolute atomic E-state index is 15.9. The molecule has 13 nitrogen and oxygen atoms in total. The Morgan fingerprint density at radius 3 is 2.64 bits per heavy atom. The summed E-state index contributed by atoms with van der Waals surface area (Å²) in [5, 5.41) is 16.3. The number of nitrogens with one attached hydrogen (secondary N) is 2. The Kier molecular flexibility index (Phi) is 8.52. The molecular weight excluding hydrogens is 534 g/mol. The van der Waals surface area contributed by atoms with Gasteiger partial charge in [0.05, 0.1) is 19.0 Å². The topological polar surface area (TPSA) is 159 Å². The molecular formula is C24H32FN6O7P. The molecule has 0 radical (unpaired) electrons. The van der Waals surface area contributed by atoms with Crippen molar-refractivity contribution in [3.05, 3.63) is 43.0 Å². The molecule has 0 amide bonds. The van der Waals surface area contributed by atoms with Crippen LogP contribution in [0.2, 0.25) is 0 Å². The zero-order chi connectivity index (χ0) is 28.4. The molecule has 0 bridgehead atoms. The summed E-state index contributed by atoms with van der Waals surface area (Å²) in [6.07, 6.45) is -2.05. The first-order chi connectivity index (χ1) is 18.4. The summed E-state index contributed by atoms with van der Waals surface area (Å²) in [7, 11) is -2.59. The normalized spacial score (nSPS) is 25.4. The first kappa shape index (κ1) is 28.8. The van der Waals surface area contributed by atoms with Crippen LogP contribution in [0.1, 0.15) is 33.9 Å². The third-order valence-electron chi connectivity index (χ3n) is 6.00. The van der Waals surface area contributed by atoms with Crippen molar-refractivity contribution in [1.29, 1.82) is 0 Å². The maximum atomic E-state index is 15.9. The molecule has 1 unspecified atom stereocenters. The maximum Gasteiger partial charge on any atom is 0.459 e. The number of benzene rings is 1. The van der Waals surface area contributed by atoms with E-state index in [9.17, 15) is 14.5 Å². The van der Waals surface area contributed by atoms with Gasteiger partial charge in [0.25, 0.3) is 0 Å². The van der Waals surface area contributed by atoms with Crippen molar-refractivity contribution in [1.82, 2.24) is 24.6 Å². The number of anilines is 1. The number of hydrogen-bond donors (Lipinski definition) is 3. The van der Waals surface area contributed by atoms with Crippen LogP contribution in [0.5, 0.6) is 5.75 Å². The molecule has 15 heteroatoms. The third-order valence-corrected chi connectivity index (χ3v) is 7.64. The van der Waals surface area contributed by atoms with Gasteiger partial charge in [-0.05, 0) is 39.8 Å². The van der Waals surface area contributed by atoms with Gasteiger partial charge in [0.2, 0.25) is 0 Å². The number of aliphatic hydroxyl groups excluding tert-OH is 1. The van der Waals surface area contributed by atoms with Gasteiger partial charge in [-0.3, -0.25) is 13.9 Å². The van der Waals surface area contributed by atoms with Gasteiger partial charge in [-0.25, -0.2) is 23.9 Å². The zero-order valence-electron chi connectivity index (χ0n) is 22.1. The number of aromatic nitrogens is 4. The Balaban J connectivity index is 1.54. The Bertz CT molecular complexity index is 1340. The Labute approximate surface area is 224 Å². The highest BCUT2D eigenvalue weighted by atomic mass is 31.2. The average molecular weight is 567 g/mol. The molecule has 4 rings (SSSR count). The molecule has 39 heavy (non-hydrogen) atoms. The summed E-state index contributed by atoms with van der Waals surface area (Å²) in [5.41, 5.74) is -1.63. The van der Waals surface area contributed by atoms with E-state index in [-0.39, 0.29) is 11.4 Å². The lowest BCUT2D eigenvalue weighted by molar-refractivity contribution is -0.149. The standard InChI is InChI=1S/C24H32FN6O7P/c1-14(2)36-22(33)15(3)30-39(34,38-16-9-7-6-8-10-16)35-11-17-19(32)24(4,25)23(37-17)31-13-29-18-20(26-5)27-12-28-21(18)31/h6-10,12-15,17,19,23,32H,11H2,1-5H3,(H,30,34)(H,26,27,28)/t15-,17+,19+,23+,24+,39?/m0/s1. The lowest BCUT2D eigenvalue weighted by Gasteiger charge is -2.25. The molecule has 6 atom stereocenters. The minimum atomic E-state index is -4.26. The second-order valence-corrected chi connectivity index (χ2v) is 11.1. The number of para-hydroxylation sites is 1. The van der Waals surface area contributed by atoms with Gasteiger partial charge in [0, 0.05) is 7.05 Å². The minimum absolute atomic E-state index is 0.198. The molecule has 1 aromatic carbocycles. The number of rotatable bonds is 11. The van der Waals surface area contributed by atoms with Crippen LogP contribution in [0.25, 0.3) is 11.2 Å². The predicted molar refractivity (Wildman–Crippen MR) is 139 cm³/mol. The highest BCUT2D eigenvalue weighted by molar-refractivity contribution is 7.52. The van der Waals surface area contributed by atoms with Gasteiger partial charge in [-0.1, -0.05) is 18.2 Å². The summed E-state index contributed by atoms with van der Waals surface area (Å²) in [6.45, 7) is 5.44. The Morgan fingerprint density at radius 2 is 1.97 bits per heavy atom. The van der Waals surface area contributed by atoms with E-state index in [2.05, 4.69) is 25.4 Å². The van der Waals surface area contributed by atoms with E-state index < -0.39 is 56.6 Å². The van der Waals surface area contributed by atoms with Crippen LogP contribution in [0, 0.1) is 0 Å². The van der Waals surface area contributed by atoms with E-state index in [0.717, 1.165) is 0 Å². The van der Waals surface area contributed by atoms with Crippen LogP contribution >= 0.6 is 7.75 Å². The summed E-state index contributed by atoms with van der Waals surface area (Å²) < 4.78 is 53.2. The summed E-state index contributed by atoms with van der Waals surface area (Å²) >= 11 is 0. The lowest BCUT2D eigenvalue weighted by Crippen LogP contribution is -2.41. The number of aliphatic hydroxyl groups is 1. The molecule has 1 saturated heterocycles. The molecule has 0 aliphatic carbocycles. The van der Waals surface area contributed by atoms with Gasteiger partial charge in [0.1, 0.15) is 35.8 Å². The second kappa shape index (κ2) is 11.5. The molecule has 212 valence electrons. The smallest absolute Gasteiger partial charge is 0.459 e. The number of carbonyl (C=O) groups excluding carboxylic acids is 1. The van der Waals surface area contributed by atoms with Crippen LogP contribution in [0.15, 0.2) is 43.0 Å². The minimum Gasteiger partial charge on any atom is -0.462 e. The number of carbonyl (C=O) groups is 1. The number of fused-ring (bicyclic) bond motifs is 1. The molecule has 0 saturated carbocycles. The van der Waals surface area contributed by atoms with Crippen molar-refractivity contribution in [3.8, 4) is 5.75 Å². The van der Waals surface area contributed by atoms with Gasteiger partial charge in [0.15, 0.2) is 23.4 Å². The zero-order valence-corrected chi connectivity index (χ0v) is 23.0. The van der Waals surface area contributed by atoms with Gasteiger partial charge in [-0.15, -0.1) is 0 Å². The summed E-state index contributed by atoms with van der Waals surface area (Å²) in [4.78, 5) is 24.9. The van der Waals surface area contributed by atoms with E-state index in [4.69, 9.17) is 18.5 Å². The monoisotopic (exact) mass is 566 g/mol. The fourth-order valence-corrected chi connectivity index (χ4v) is 5.57. The molecule has 1 aliphatic rings. The molecule has 0 spiro atoms. The van der Waals surface area contributed by atoms with E-state index in [1.165, 1.54) is 31.1 Å². The first-order valence-electron chi connectivity index (χ1n) is 12.3. The van der Waals surface area contributed by atoms with Crippen LogP contribution in [-0.2, 0) is 23.4 Å². The highest BCUT2D eigenvalue weighted by Gasteiger charge is 2.56. The number of ether oxygens (including phenoxy) is 2.